The minimum absolute atomic E-state index is 0.0886. The molecule has 2 N–H and O–H groups in total. The van der Waals surface area contributed by atoms with Gasteiger partial charge in [0.15, 0.2) is 0 Å². The molecule has 2 rings (SSSR count). The van der Waals surface area contributed by atoms with Crippen LogP contribution in [0.2, 0.25) is 0 Å². The molecule has 1 aromatic carbocycles. The molecule has 144 valence electrons. The van der Waals surface area contributed by atoms with Crippen LogP contribution in [0.15, 0.2) is 30.3 Å². The quantitative estimate of drug-likeness (QED) is 0.830. The van der Waals surface area contributed by atoms with Gasteiger partial charge in [0.1, 0.15) is 12.2 Å². The van der Waals surface area contributed by atoms with Crippen LogP contribution in [0.1, 0.15) is 52.0 Å². The number of nitrogens with one attached hydrogen (secondary N) is 2. The van der Waals surface area contributed by atoms with Crippen molar-refractivity contribution >= 4 is 12.2 Å². The molecule has 0 bridgehead atoms. The van der Waals surface area contributed by atoms with Gasteiger partial charge in [-0.05, 0) is 51.5 Å². The highest BCUT2D eigenvalue weighted by atomic mass is 16.6. The third-order valence-electron chi connectivity index (χ3n) is 4.25. The lowest BCUT2D eigenvalue weighted by molar-refractivity contribution is 0.0483. The maximum absolute atomic E-state index is 11.9. The van der Waals surface area contributed by atoms with E-state index < -0.39 is 11.7 Å². The van der Waals surface area contributed by atoms with Crippen molar-refractivity contribution in [2.75, 3.05) is 6.54 Å². The van der Waals surface area contributed by atoms with Gasteiger partial charge in [-0.15, -0.1) is 0 Å². The lowest BCUT2D eigenvalue weighted by atomic mass is 9.86. The summed E-state index contributed by atoms with van der Waals surface area (Å²) in [5, 5.41) is 5.76. The Morgan fingerprint density at radius 2 is 1.85 bits per heavy atom. The normalized spacial score (nSPS) is 20.1. The second-order valence-corrected chi connectivity index (χ2v) is 7.82. The predicted molar refractivity (Wildman–Crippen MR) is 99.7 cm³/mol. The van der Waals surface area contributed by atoms with Crippen molar-refractivity contribution in [1.29, 1.82) is 0 Å². The van der Waals surface area contributed by atoms with Crippen molar-refractivity contribution in [1.82, 2.24) is 10.6 Å². The second-order valence-electron chi connectivity index (χ2n) is 7.82. The summed E-state index contributed by atoms with van der Waals surface area (Å²) in [5.74, 6) is 0.327. The molecule has 1 saturated carbocycles. The fourth-order valence-corrected chi connectivity index (χ4v) is 3.08. The van der Waals surface area contributed by atoms with Crippen molar-refractivity contribution in [3.8, 4) is 0 Å². The maximum Gasteiger partial charge on any atom is 0.407 e. The molecule has 0 aliphatic heterocycles. The Bertz CT molecular complexity index is 583. The summed E-state index contributed by atoms with van der Waals surface area (Å²) in [6.45, 7) is 6.37. The Labute approximate surface area is 155 Å². The largest absolute Gasteiger partial charge is 0.445 e. The highest BCUT2D eigenvalue weighted by molar-refractivity contribution is 5.68. The summed E-state index contributed by atoms with van der Waals surface area (Å²) in [6.07, 6.45) is 3.04. The first kappa shape index (κ1) is 20.1. The van der Waals surface area contributed by atoms with Crippen LogP contribution in [0.3, 0.4) is 0 Å². The number of hydrogen-bond donors (Lipinski definition) is 2. The molecule has 0 unspecified atom stereocenters. The number of alkyl carbamates (subject to hydrolysis) is 2. The number of rotatable bonds is 5. The van der Waals surface area contributed by atoms with Crippen LogP contribution in [0.4, 0.5) is 9.59 Å². The molecule has 0 radical (unpaired) electrons. The molecule has 0 heterocycles. The molecule has 0 spiro atoms. The summed E-state index contributed by atoms with van der Waals surface area (Å²) in [5.41, 5.74) is 0.462. The summed E-state index contributed by atoms with van der Waals surface area (Å²) in [7, 11) is 0. The van der Waals surface area contributed by atoms with Crippen LogP contribution in [-0.4, -0.2) is 30.4 Å². The number of carbonyl (C=O) groups excluding carboxylic acids is 2. The van der Waals surface area contributed by atoms with E-state index in [2.05, 4.69) is 10.6 Å². The lowest BCUT2D eigenvalue weighted by Gasteiger charge is -2.30. The molecule has 6 nitrogen and oxygen atoms in total. The molecule has 0 aromatic heterocycles. The van der Waals surface area contributed by atoms with Crippen molar-refractivity contribution in [2.24, 2.45) is 5.92 Å². The Kier molecular flexibility index (Phi) is 7.30. The van der Waals surface area contributed by atoms with E-state index in [1.54, 1.807) is 0 Å². The van der Waals surface area contributed by atoms with Crippen LogP contribution in [-0.2, 0) is 16.1 Å². The van der Waals surface area contributed by atoms with Gasteiger partial charge in [-0.3, -0.25) is 0 Å². The number of ether oxygens (including phenoxy) is 2. The zero-order valence-electron chi connectivity index (χ0n) is 15.9. The average molecular weight is 362 g/mol. The highest BCUT2D eigenvalue weighted by Crippen LogP contribution is 2.24. The van der Waals surface area contributed by atoms with Crippen molar-refractivity contribution < 1.29 is 19.1 Å². The fraction of sp³-hybridized carbons (Fsp3) is 0.600. The standard InChI is InChI=1S/C20H30N2O4/c1-20(2,3)26-19(24)22-17-11-7-10-16(12-17)13-21-18(23)25-14-15-8-5-4-6-9-15/h4-6,8-9,16-17H,7,10-14H2,1-3H3,(H,21,23)(H,22,24)/t16-,17+/m1/s1. The van der Waals surface area contributed by atoms with Gasteiger partial charge in [-0.2, -0.15) is 0 Å². The van der Waals surface area contributed by atoms with E-state index in [1.807, 2.05) is 51.1 Å². The smallest absolute Gasteiger partial charge is 0.407 e. The van der Waals surface area contributed by atoms with E-state index >= 15 is 0 Å². The molecular formula is C20H30N2O4. The van der Waals surface area contributed by atoms with Gasteiger partial charge in [0.2, 0.25) is 0 Å². The molecule has 0 saturated heterocycles. The van der Waals surface area contributed by atoms with Crippen LogP contribution in [0.25, 0.3) is 0 Å². The lowest BCUT2D eigenvalue weighted by Crippen LogP contribution is -2.43. The SMILES string of the molecule is CC(C)(C)OC(=O)N[C@H]1CCC[C@@H](CNC(=O)OCc2ccccc2)C1. The molecule has 2 amide bonds. The monoisotopic (exact) mass is 362 g/mol. The molecule has 1 aliphatic rings. The van der Waals surface area contributed by atoms with E-state index in [0.717, 1.165) is 31.2 Å². The van der Waals surface area contributed by atoms with Gasteiger partial charge < -0.3 is 20.1 Å². The summed E-state index contributed by atoms with van der Waals surface area (Å²) < 4.78 is 10.5. The molecule has 6 heteroatoms. The first-order valence-electron chi connectivity index (χ1n) is 9.26. The number of benzene rings is 1. The fourth-order valence-electron chi connectivity index (χ4n) is 3.08. The van der Waals surface area contributed by atoms with Crippen molar-refractivity contribution in [3.63, 3.8) is 0 Å². The average Bonchev–Trinajstić information content (AvgIpc) is 2.57. The molecule has 26 heavy (non-hydrogen) atoms. The Balaban J connectivity index is 1.67. The number of carbonyl (C=O) groups is 2. The van der Waals surface area contributed by atoms with Crippen molar-refractivity contribution in [2.45, 2.75) is 64.7 Å². The van der Waals surface area contributed by atoms with E-state index in [0.29, 0.717) is 12.5 Å². The first-order valence-corrected chi connectivity index (χ1v) is 9.26. The van der Waals surface area contributed by atoms with E-state index in [9.17, 15) is 9.59 Å². The molecule has 1 fully saturated rings. The zero-order chi connectivity index (χ0) is 19.0. The van der Waals surface area contributed by atoms with Gasteiger partial charge in [-0.25, -0.2) is 9.59 Å². The first-order chi connectivity index (χ1) is 12.3. The van der Waals surface area contributed by atoms with Crippen LogP contribution >= 0.6 is 0 Å². The molecule has 1 aliphatic carbocycles. The predicted octanol–water partition coefficient (Wildman–Crippen LogP) is 4.00. The molecule has 2 atom stereocenters. The van der Waals surface area contributed by atoms with Crippen LogP contribution < -0.4 is 10.6 Å². The Hall–Kier alpha value is -2.24. The van der Waals surface area contributed by atoms with Gasteiger partial charge >= 0.3 is 12.2 Å². The molecular weight excluding hydrogens is 332 g/mol. The minimum atomic E-state index is -0.498. The van der Waals surface area contributed by atoms with Gasteiger partial charge in [0.25, 0.3) is 0 Å². The zero-order valence-corrected chi connectivity index (χ0v) is 15.9. The summed E-state index contributed by atoms with van der Waals surface area (Å²) >= 11 is 0. The Morgan fingerprint density at radius 3 is 2.54 bits per heavy atom. The second kappa shape index (κ2) is 9.46. The van der Waals surface area contributed by atoms with Gasteiger partial charge in [-0.1, -0.05) is 36.8 Å². The number of hydrogen-bond acceptors (Lipinski definition) is 4. The third-order valence-corrected chi connectivity index (χ3v) is 4.25. The van der Waals surface area contributed by atoms with Crippen LogP contribution in [0, 0.1) is 5.92 Å². The van der Waals surface area contributed by atoms with E-state index in [4.69, 9.17) is 9.47 Å². The van der Waals surface area contributed by atoms with E-state index in [1.165, 1.54) is 0 Å². The van der Waals surface area contributed by atoms with Crippen molar-refractivity contribution in [3.05, 3.63) is 35.9 Å². The van der Waals surface area contributed by atoms with Gasteiger partial charge in [0.05, 0.1) is 0 Å². The topological polar surface area (TPSA) is 76.7 Å². The van der Waals surface area contributed by atoms with Crippen LogP contribution in [0.5, 0.6) is 0 Å². The molecule has 1 aromatic rings. The summed E-state index contributed by atoms with van der Waals surface area (Å²) in [4.78, 5) is 23.7. The maximum atomic E-state index is 11.9. The summed E-state index contributed by atoms with van der Waals surface area (Å²) in [6, 6.07) is 9.68. The highest BCUT2D eigenvalue weighted by Gasteiger charge is 2.25. The number of amides is 2. The third kappa shape index (κ3) is 7.76. The minimum Gasteiger partial charge on any atom is -0.445 e. The Morgan fingerprint density at radius 1 is 1.12 bits per heavy atom. The van der Waals surface area contributed by atoms with E-state index in [-0.39, 0.29) is 18.7 Å². The van der Waals surface area contributed by atoms with Gasteiger partial charge in [0, 0.05) is 12.6 Å².